The minimum atomic E-state index is -0.376. The van der Waals surface area contributed by atoms with Crippen LogP contribution in [0, 0.1) is 5.41 Å². The molecule has 0 aromatic heterocycles. The molecule has 4 heteroatoms. The van der Waals surface area contributed by atoms with Gasteiger partial charge in [0.15, 0.2) is 0 Å². The first-order valence-corrected chi connectivity index (χ1v) is 7.49. The molecule has 0 radical (unpaired) electrons. The number of aliphatic hydroxyl groups is 2. The van der Waals surface area contributed by atoms with Gasteiger partial charge in [-0.1, -0.05) is 19.8 Å². The summed E-state index contributed by atoms with van der Waals surface area (Å²) >= 11 is 1.91. The van der Waals surface area contributed by atoms with Crippen LogP contribution in [0.15, 0.2) is 0 Å². The normalized spacial score (nSPS) is 12.0. The van der Waals surface area contributed by atoms with Crippen LogP contribution in [0.1, 0.15) is 32.6 Å². The van der Waals surface area contributed by atoms with E-state index in [1.54, 1.807) is 0 Å². The lowest BCUT2D eigenvalue weighted by Gasteiger charge is -2.24. The molecular formula is C12H27NO2S. The average molecular weight is 249 g/mol. The predicted octanol–water partition coefficient (Wildman–Crippen LogP) is 1.49. The van der Waals surface area contributed by atoms with Gasteiger partial charge in [-0.25, -0.2) is 0 Å². The third kappa shape index (κ3) is 8.39. The molecule has 0 aromatic carbocycles. The standard InChI is InChI=1S/C12H27NO2S/c1-12(10-14,11-15)9-13-7-5-3-4-6-8-16-2/h13-15H,3-11H2,1-2H3. The molecule has 98 valence electrons. The summed E-state index contributed by atoms with van der Waals surface area (Å²) < 4.78 is 0. The fourth-order valence-electron chi connectivity index (χ4n) is 1.40. The molecule has 0 fully saturated rings. The topological polar surface area (TPSA) is 52.5 Å². The molecule has 3 nitrogen and oxygen atoms in total. The highest BCUT2D eigenvalue weighted by atomic mass is 32.2. The molecule has 0 aliphatic carbocycles. The Morgan fingerprint density at radius 3 is 2.25 bits per heavy atom. The van der Waals surface area contributed by atoms with Gasteiger partial charge in [-0.05, 0) is 31.4 Å². The first kappa shape index (κ1) is 16.2. The lowest BCUT2D eigenvalue weighted by atomic mass is 9.93. The minimum absolute atomic E-state index is 0.0320. The van der Waals surface area contributed by atoms with Crippen LogP contribution >= 0.6 is 11.8 Å². The van der Waals surface area contributed by atoms with E-state index in [1.165, 1.54) is 31.4 Å². The fourth-order valence-corrected chi connectivity index (χ4v) is 1.89. The quantitative estimate of drug-likeness (QED) is 0.486. The molecule has 16 heavy (non-hydrogen) atoms. The van der Waals surface area contributed by atoms with E-state index in [1.807, 2.05) is 18.7 Å². The van der Waals surface area contributed by atoms with Gasteiger partial charge < -0.3 is 15.5 Å². The Balaban J connectivity index is 3.26. The summed E-state index contributed by atoms with van der Waals surface area (Å²) in [5.41, 5.74) is -0.376. The second-order valence-electron chi connectivity index (χ2n) is 4.71. The maximum absolute atomic E-state index is 9.08. The Hall–Kier alpha value is 0.230. The SMILES string of the molecule is CSCCCCCCNCC(C)(CO)CO. The second kappa shape index (κ2) is 10.4. The number of rotatable bonds is 11. The lowest BCUT2D eigenvalue weighted by Crippen LogP contribution is -2.38. The van der Waals surface area contributed by atoms with E-state index in [2.05, 4.69) is 11.6 Å². The Morgan fingerprint density at radius 1 is 1.06 bits per heavy atom. The van der Waals surface area contributed by atoms with Crippen molar-refractivity contribution in [2.75, 3.05) is 38.3 Å². The molecule has 0 aliphatic heterocycles. The van der Waals surface area contributed by atoms with Crippen molar-refractivity contribution in [3.63, 3.8) is 0 Å². The summed E-state index contributed by atoms with van der Waals surface area (Å²) in [5, 5.41) is 21.5. The molecule has 0 saturated carbocycles. The zero-order chi connectivity index (χ0) is 12.3. The molecule has 0 bridgehead atoms. The maximum atomic E-state index is 9.08. The molecule has 0 unspecified atom stereocenters. The van der Waals surface area contributed by atoms with Gasteiger partial charge in [0.1, 0.15) is 0 Å². The van der Waals surface area contributed by atoms with Gasteiger partial charge in [-0.15, -0.1) is 0 Å². The van der Waals surface area contributed by atoms with Gasteiger partial charge in [0.2, 0.25) is 0 Å². The smallest absolute Gasteiger partial charge is 0.0518 e. The van der Waals surface area contributed by atoms with Crippen molar-refractivity contribution in [2.45, 2.75) is 32.6 Å². The van der Waals surface area contributed by atoms with E-state index in [0.29, 0.717) is 6.54 Å². The molecule has 0 rings (SSSR count). The van der Waals surface area contributed by atoms with E-state index in [9.17, 15) is 0 Å². The van der Waals surface area contributed by atoms with Crippen molar-refractivity contribution in [2.24, 2.45) is 5.41 Å². The zero-order valence-electron chi connectivity index (χ0n) is 10.7. The third-order valence-electron chi connectivity index (χ3n) is 2.77. The number of hydrogen-bond donors (Lipinski definition) is 3. The van der Waals surface area contributed by atoms with Crippen LogP contribution in [0.3, 0.4) is 0 Å². The van der Waals surface area contributed by atoms with Crippen molar-refractivity contribution in [3.8, 4) is 0 Å². The Bertz CT molecular complexity index is 152. The van der Waals surface area contributed by atoms with Gasteiger partial charge in [0.05, 0.1) is 13.2 Å². The summed E-state index contributed by atoms with van der Waals surface area (Å²) in [4.78, 5) is 0. The molecule has 0 spiro atoms. The largest absolute Gasteiger partial charge is 0.396 e. The van der Waals surface area contributed by atoms with E-state index in [0.717, 1.165) is 6.54 Å². The van der Waals surface area contributed by atoms with Crippen molar-refractivity contribution in [3.05, 3.63) is 0 Å². The van der Waals surface area contributed by atoms with E-state index < -0.39 is 0 Å². The molecule has 0 amide bonds. The molecule has 3 N–H and O–H groups in total. The number of hydrogen-bond acceptors (Lipinski definition) is 4. The summed E-state index contributed by atoms with van der Waals surface area (Å²) in [6.45, 7) is 3.62. The summed E-state index contributed by atoms with van der Waals surface area (Å²) in [5.74, 6) is 1.26. The highest BCUT2D eigenvalue weighted by Crippen LogP contribution is 2.12. The highest BCUT2D eigenvalue weighted by Gasteiger charge is 2.21. The van der Waals surface area contributed by atoms with Crippen LogP contribution in [0.25, 0.3) is 0 Å². The molecule has 0 atom stereocenters. The maximum Gasteiger partial charge on any atom is 0.0518 e. The number of unbranched alkanes of at least 4 members (excludes halogenated alkanes) is 3. The predicted molar refractivity (Wildman–Crippen MR) is 72.0 cm³/mol. The molecule has 0 saturated heterocycles. The molecular weight excluding hydrogens is 222 g/mol. The first-order chi connectivity index (χ1) is 7.68. The summed E-state index contributed by atoms with van der Waals surface area (Å²) in [6, 6.07) is 0. The third-order valence-corrected chi connectivity index (χ3v) is 3.46. The van der Waals surface area contributed by atoms with Crippen molar-refractivity contribution >= 4 is 11.8 Å². The lowest BCUT2D eigenvalue weighted by molar-refractivity contribution is 0.0698. The fraction of sp³-hybridized carbons (Fsp3) is 1.00. The highest BCUT2D eigenvalue weighted by molar-refractivity contribution is 7.98. The van der Waals surface area contributed by atoms with Crippen LogP contribution in [-0.2, 0) is 0 Å². The summed E-state index contributed by atoms with van der Waals surface area (Å²) in [7, 11) is 0. The Morgan fingerprint density at radius 2 is 1.69 bits per heavy atom. The summed E-state index contributed by atoms with van der Waals surface area (Å²) in [6.07, 6.45) is 7.21. The van der Waals surface area contributed by atoms with Crippen LogP contribution < -0.4 is 5.32 Å². The molecule has 0 aliphatic rings. The van der Waals surface area contributed by atoms with Crippen LogP contribution in [-0.4, -0.2) is 48.5 Å². The van der Waals surface area contributed by atoms with E-state index >= 15 is 0 Å². The average Bonchev–Trinajstić information content (AvgIpc) is 2.32. The van der Waals surface area contributed by atoms with Gasteiger partial charge in [0, 0.05) is 12.0 Å². The molecule has 0 heterocycles. The van der Waals surface area contributed by atoms with Gasteiger partial charge in [0.25, 0.3) is 0 Å². The number of aliphatic hydroxyl groups excluding tert-OH is 2. The van der Waals surface area contributed by atoms with Crippen LogP contribution in [0.5, 0.6) is 0 Å². The van der Waals surface area contributed by atoms with Gasteiger partial charge in [-0.3, -0.25) is 0 Å². The zero-order valence-corrected chi connectivity index (χ0v) is 11.5. The first-order valence-electron chi connectivity index (χ1n) is 6.10. The van der Waals surface area contributed by atoms with Crippen molar-refractivity contribution in [1.82, 2.24) is 5.32 Å². The monoisotopic (exact) mass is 249 g/mol. The Labute approximate surface area is 104 Å². The molecule has 0 aromatic rings. The van der Waals surface area contributed by atoms with Gasteiger partial charge in [-0.2, -0.15) is 11.8 Å². The number of nitrogens with one attached hydrogen (secondary N) is 1. The van der Waals surface area contributed by atoms with Crippen molar-refractivity contribution < 1.29 is 10.2 Å². The van der Waals surface area contributed by atoms with E-state index in [-0.39, 0.29) is 18.6 Å². The Kier molecular flexibility index (Phi) is 10.5. The number of thioether (sulfide) groups is 1. The van der Waals surface area contributed by atoms with Crippen LogP contribution in [0.4, 0.5) is 0 Å². The van der Waals surface area contributed by atoms with E-state index in [4.69, 9.17) is 10.2 Å². The van der Waals surface area contributed by atoms with Gasteiger partial charge >= 0.3 is 0 Å². The minimum Gasteiger partial charge on any atom is -0.396 e. The second-order valence-corrected chi connectivity index (χ2v) is 5.70. The van der Waals surface area contributed by atoms with Crippen molar-refractivity contribution in [1.29, 1.82) is 0 Å². The van der Waals surface area contributed by atoms with Crippen LogP contribution in [0.2, 0.25) is 0 Å².